The molecule has 192 valence electrons. The first-order chi connectivity index (χ1) is 18.0. The lowest BCUT2D eigenvalue weighted by Crippen LogP contribution is -2.61. The molecule has 2 bridgehead atoms. The van der Waals surface area contributed by atoms with Gasteiger partial charge in [-0.2, -0.15) is 0 Å². The summed E-state index contributed by atoms with van der Waals surface area (Å²) in [7, 11) is 2.21. The number of benzene rings is 1. The summed E-state index contributed by atoms with van der Waals surface area (Å²) in [5.74, 6) is 1.14. The number of anilines is 1. The number of allylic oxidation sites excluding steroid dienone is 4. The molecule has 37 heavy (non-hydrogen) atoms. The van der Waals surface area contributed by atoms with Gasteiger partial charge < -0.3 is 19.7 Å². The third-order valence-electron chi connectivity index (χ3n) is 9.73. The van der Waals surface area contributed by atoms with Gasteiger partial charge in [-0.1, -0.05) is 30.4 Å². The van der Waals surface area contributed by atoms with Crippen LogP contribution in [0.25, 0.3) is 0 Å². The molecule has 1 aromatic carbocycles. The lowest BCUT2D eigenvalue weighted by molar-refractivity contribution is -0.257. The summed E-state index contributed by atoms with van der Waals surface area (Å²) in [4.78, 5) is 20.0. The molecule has 6 nitrogen and oxygen atoms in total. The first kappa shape index (κ1) is 23.3. The number of hydrogen-bond donors (Lipinski definition) is 1. The van der Waals surface area contributed by atoms with E-state index in [2.05, 4.69) is 58.7 Å². The highest BCUT2D eigenvalue weighted by Crippen LogP contribution is 2.64. The van der Waals surface area contributed by atoms with Crippen LogP contribution in [-0.4, -0.2) is 48.4 Å². The van der Waals surface area contributed by atoms with Crippen molar-refractivity contribution < 1.29 is 14.3 Å². The summed E-state index contributed by atoms with van der Waals surface area (Å²) in [5, 5.41) is 3.06. The maximum Gasteiger partial charge on any atom is 0.255 e. The number of nitrogens with one attached hydrogen (secondary N) is 1. The van der Waals surface area contributed by atoms with Gasteiger partial charge in [0, 0.05) is 42.6 Å². The zero-order valence-corrected chi connectivity index (χ0v) is 21.7. The molecule has 3 unspecified atom stereocenters. The number of rotatable bonds is 2. The van der Waals surface area contributed by atoms with E-state index in [1.165, 1.54) is 11.1 Å². The van der Waals surface area contributed by atoms with Gasteiger partial charge in [-0.15, -0.1) is 0 Å². The van der Waals surface area contributed by atoms with E-state index >= 15 is 0 Å². The first-order valence-corrected chi connectivity index (χ1v) is 13.7. The van der Waals surface area contributed by atoms with Crippen LogP contribution < -0.4 is 5.32 Å². The molecule has 3 aliphatic carbocycles. The minimum Gasteiger partial charge on any atom is -0.347 e. The van der Waals surface area contributed by atoms with Crippen LogP contribution >= 0.6 is 0 Å². The molecule has 6 heteroatoms. The SMILES string of the molecule is Cc1ncccc1NC(=O)c1ccc2c(c1)CN(C)C[C@H]1CC3(OCCO3)C3C[C@@]21CC1C=CC=CC13. The summed E-state index contributed by atoms with van der Waals surface area (Å²) in [6, 6.07) is 10.2. The molecule has 7 rings (SSSR count). The largest absolute Gasteiger partial charge is 0.347 e. The summed E-state index contributed by atoms with van der Waals surface area (Å²) in [6.07, 6.45) is 14.1. The van der Waals surface area contributed by atoms with Crippen molar-refractivity contribution in [3.63, 3.8) is 0 Å². The van der Waals surface area contributed by atoms with Gasteiger partial charge in [0.25, 0.3) is 5.91 Å². The van der Waals surface area contributed by atoms with Crippen LogP contribution in [0.5, 0.6) is 0 Å². The number of ether oxygens (including phenoxy) is 2. The van der Waals surface area contributed by atoms with Crippen LogP contribution in [0.2, 0.25) is 0 Å². The highest BCUT2D eigenvalue weighted by atomic mass is 16.7. The molecule has 1 saturated heterocycles. The van der Waals surface area contributed by atoms with E-state index < -0.39 is 5.79 Å². The van der Waals surface area contributed by atoms with Crippen molar-refractivity contribution in [3.8, 4) is 0 Å². The highest BCUT2D eigenvalue weighted by molar-refractivity contribution is 6.04. The number of nitrogens with zero attached hydrogens (tertiary/aromatic N) is 2. The van der Waals surface area contributed by atoms with Crippen LogP contribution in [0, 0.1) is 30.6 Å². The molecular weight excluding hydrogens is 462 g/mol. The summed E-state index contributed by atoms with van der Waals surface area (Å²) in [5.41, 5.74) is 5.03. The first-order valence-electron chi connectivity index (χ1n) is 13.7. The van der Waals surface area contributed by atoms with E-state index in [-0.39, 0.29) is 11.3 Å². The number of aryl methyl sites for hydroxylation is 1. The Kier molecular flexibility index (Phi) is 5.43. The Hall–Kier alpha value is -2.80. The van der Waals surface area contributed by atoms with Gasteiger partial charge in [0.2, 0.25) is 0 Å². The second-order valence-corrected chi connectivity index (χ2v) is 11.8. The van der Waals surface area contributed by atoms with E-state index in [0.29, 0.717) is 42.4 Å². The standard InChI is InChI=1S/C31H35N3O3/c1-20-28(8-5-11-32-20)33-29(35)21-9-10-26-23(14-21)18-34(2)19-24-16-31(36-12-13-37-31)27-17-30(24,26)15-22-6-3-4-7-25(22)27/h3-11,14,22,24-25,27H,12-13,15-19H2,1-2H3,(H,33,35)/t22?,24-,25?,27?,30-/m1/s1. The molecule has 2 spiro atoms. The zero-order chi connectivity index (χ0) is 25.2. The smallest absolute Gasteiger partial charge is 0.255 e. The quantitative estimate of drug-likeness (QED) is 0.642. The molecular formula is C31H35N3O3. The number of carbonyl (C=O) groups excluding carboxylic acids is 1. The predicted molar refractivity (Wildman–Crippen MR) is 142 cm³/mol. The van der Waals surface area contributed by atoms with Crippen LogP contribution in [0.15, 0.2) is 60.8 Å². The monoisotopic (exact) mass is 497 g/mol. The Labute approximate surface area is 218 Å². The fraction of sp³-hybridized carbons (Fsp3) is 0.484. The molecule has 3 fully saturated rings. The Bertz CT molecular complexity index is 1300. The lowest BCUT2D eigenvalue weighted by Gasteiger charge is -2.60. The van der Waals surface area contributed by atoms with Gasteiger partial charge in [0.1, 0.15) is 0 Å². The fourth-order valence-electron chi connectivity index (χ4n) is 8.19. The molecule has 3 heterocycles. The van der Waals surface area contributed by atoms with Crippen molar-refractivity contribution in [2.75, 3.05) is 32.1 Å². The molecule has 1 N–H and O–H groups in total. The van der Waals surface area contributed by atoms with Gasteiger partial charge in [-0.3, -0.25) is 9.78 Å². The van der Waals surface area contributed by atoms with Crippen molar-refractivity contribution in [3.05, 3.63) is 83.2 Å². The fourth-order valence-corrected chi connectivity index (χ4v) is 8.19. The number of carbonyl (C=O) groups is 1. The molecule has 0 radical (unpaired) electrons. The molecule has 5 aliphatic rings. The number of aromatic nitrogens is 1. The third-order valence-corrected chi connectivity index (χ3v) is 9.73. The number of amides is 1. The van der Waals surface area contributed by atoms with Gasteiger partial charge in [-0.05, 0) is 80.0 Å². The van der Waals surface area contributed by atoms with Crippen LogP contribution in [0.1, 0.15) is 46.4 Å². The second-order valence-electron chi connectivity index (χ2n) is 11.8. The molecule has 5 atom stereocenters. The maximum atomic E-state index is 13.3. The molecule has 2 aromatic rings. The molecule has 1 aromatic heterocycles. The number of hydrogen-bond acceptors (Lipinski definition) is 5. The van der Waals surface area contributed by atoms with Crippen molar-refractivity contribution in [2.24, 2.45) is 23.7 Å². The Morgan fingerprint density at radius 3 is 2.78 bits per heavy atom. The van der Waals surface area contributed by atoms with Gasteiger partial charge in [0.05, 0.1) is 24.6 Å². The minimum atomic E-state index is -0.472. The third kappa shape index (κ3) is 3.64. The van der Waals surface area contributed by atoms with Crippen LogP contribution in [0.3, 0.4) is 0 Å². The molecule has 1 amide bonds. The summed E-state index contributed by atoms with van der Waals surface area (Å²) < 4.78 is 13.0. The molecule has 2 saturated carbocycles. The van der Waals surface area contributed by atoms with E-state index in [0.717, 1.165) is 43.7 Å². The summed E-state index contributed by atoms with van der Waals surface area (Å²) >= 11 is 0. The van der Waals surface area contributed by atoms with Gasteiger partial charge in [0.15, 0.2) is 5.79 Å². The minimum absolute atomic E-state index is 0.0525. The normalized spacial score (nSPS) is 33.4. The van der Waals surface area contributed by atoms with E-state index in [9.17, 15) is 4.79 Å². The maximum absolute atomic E-state index is 13.3. The Morgan fingerprint density at radius 1 is 1.11 bits per heavy atom. The van der Waals surface area contributed by atoms with E-state index in [1.54, 1.807) is 6.20 Å². The average Bonchev–Trinajstić information content (AvgIpc) is 3.33. The zero-order valence-electron chi connectivity index (χ0n) is 21.7. The topological polar surface area (TPSA) is 63.7 Å². The Balaban J connectivity index is 1.29. The second kappa shape index (κ2) is 8.62. The van der Waals surface area contributed by atoms with Crippen LogP contribution in [-0.2, 0) is 21.4 Å². The molecule has 2 aliphatic heterocycles. The van der Waals surface area contributed by atoms with Crippen molar-refractivity contribution in [2.45, 2.75) is 43.9 Å². The van der Waals surface area contributed by atoms with Crippen LogP contribution in [0.4, 0.5) is 5.69 Å². The van der Waals surface area contributed by atoms with Gasteiger partial charge in [-0.25, -0.2) is 0 Å². The number of fused-ring (bicyclic) bond motifs is 5. The van der Waals surface area contributed by atoms with Gasteiger partial charge >= 0.3 is 0 Å². The Morgan fingerprint density at radius 2 is 1.95 bits per heavy atom. The summed E-state index contributed by atoms with van der Waals surface area (Å²) in [6.45, 7) is 5.13. The average molecular weight is 498 g/mol. The lowest BCUT2D eigenvalue weighted by atomic mass is 9.47. The predicted octanol–water partition coefficient (Wildman–Crippen LogP) is 4.86. The van der Waals surface area contributed by atoms with Crippen molar-refractivity contribution in [1.29, 1.82) is 0 Å². The highest BCUT2D eigenvalue weighted by Gasteiger charge is 2.64. The van der Waals surface area contributed by atoms with Crippen molar-refractivity contribution >= 4 is 11.6 Å². The van der Waals surface area contributed by atoms with E-state index in [1.807, 2.05) is 25.1 Å². The van der Waals surface area contributed by atoms with E-state index in [4.69, 9.17) is 9.47 Å². The van der Waals surface area contributed by atoms with Crippen molar-refractivity contribution in [1.82, 2.24) is 9.88 Å². The number of pyridine rings is 1.